The molecule has 15 heavy (non-hydrogen) atoms. The molecule has 0 heterocycles. The van der Waals surface area contributed by atoms with Crippen molar-refractivity contribution < 1.29 is 13.2 Å². The van der Waals surface area contributed by atoms with E-state index in [1.165, 1.54) is 18.2 Å². The van der Waals surface area contributed by atoms with Gasteiger partial charge in [-0.3, -0.25) is 0 Å². The molecular weight excluding hydrogens is 362 g/mol. The molecule has 0 aliphatic rings. The van der Waals surface area contributed by atoms with Crippen LogP contribution in [0.25, 0.3) is 0 Å². The molecule has 0 radical (unpaired) electrons. The lowest BCUT2D eigenvalue weighted by Gasteiger charge is -2.16. The monoisotopic (exact) mass is 367 g/mol. The summed E-state index contributed by atoms with van der Waals surface area (Å²) in [6.45, 7) is 0. The van der Waals surface area contributed by atoms with Gasteiger partial charge in [-0.25, -0.2) is 0 Å². The maximum absolute atomic E-state index is 12.2. The molecular formula is C8H7Br2ClF3N. The van der Waals surface area contributed by atoms with Crippen LogP contribution in [0.15, 0.2) is 27.1 Å². The predicted octanol–water partition coefficient (Wildman–Crippen LogP) is 4.20. The van der Waals surface area contributed by atoms with E-state index in [0.29, 0.717) is 8.95 Å². The molecule has 86 valence electrons. The third-order valence-corrected chi connectivity index (χ3v) is 3.54. The van der Waals surface area contributed by atoms with E-state index in [2.05, 4.69) is 31.9 Å². The van der Waals surface area contributed by atoms with Crippen molar-refractivity contribution in [1.82, 2.24) is 0 Å². The van der Waals surface area contributed by atoms with Crippen LogP contribution in [0.2, 0.25) is 0 Å². The number of alkyl halides is 3. The molecule has 0 aromatic heterocycles. The van der Waals surface area contributed by atoms with Gasteiger partial charge in [-0.2, -0.15) is 13.2 Å². The molecule has 0 unspecified atom stereocenters. The largest absolute Gasteiger partial charge is 0.407 e. The van der Waals surface area contributed by atoms with Crippen molar-refractivity contribution in [1.29, 1.82) is 0 Å². The second kappa shape index (κ2) is 5.52. The third kappa shape index (κ3) is 3.94. The number of hydrogen-bond acceptors (Lipinski definition) is 1. The number of halogens is 6. The van der Waals surface area contributed by atoms with Gasteiger partial charge in [-0.05, 0) is 49.6 Å². The Morgan fingerprint density at radius 2 is 1.67 bits per heavy atom. The molecule has 1 nitrogen and oxygen atoms in total. The topological polar surface area (TPSA) is 26.0 Å². The van der Waals surface area contributed by atoms with Gasteiger partial charge in [0, 0.05) is 8.95 Å². The molecule has 1 aromatic carbocycles. The van der Waals surface area contributed by atoms with Gasteiger partial charge in [-0.1, -0.05) is 6.07 Å². The normalized spacial score (nSPS) is 13.2. The van der Waals surface area contributed by atoms with Crippen LogP contribution in [0.1, 0.15) is 11.6 Å². The van der Waals surface area contributed by atoms with Crippen molar-refractivity contribution in [3.8, 4) is 0 Å². The number of rotatable bonds is 1. The zero-order chi connectivity index (χ0) is 10.9. The first-order valence-electron chi connectivity index (χ1n) is 3.59. The van der Waals surface area contributed by atoms with Gasteiger partial charge in [0.15, 0.2) is 0 Å². The van der Waals surface area contributed by atoms with Gasteiger partial charge in [-0.15, -0.1) is 12.4 Å². The third-order valence-electron chi connectivity index (χ3n) is 1.66. The van der Waals surface area contributed by atoms with Crippen LogP contribution < -0.4 is 5.73 Å². The van der Waals surface area contributed by atoms with Crippen LogP contribution in [0, 0.1) is 0 Å². The van der Waals surface area contributed by atoms with Crippen molar-refractivity contribution in [3.63, 3.8) is 0 Å². The molecule has 2 N–H and O–H groups in total. The summed E-state index contributed by atoms with van der Waals surface area (Å²) < 4.78 is 37.9. The smallest absolute Gasteiger partial charge is 0.316 e. The maximum Gasteiger partial charge on any atom is 0.407 e. The van der Waals surface area contributed by atoms with Crippen molar-refractivity contribution in [2.45, 2.75) is 12.2 Å². The summed E-state index contributed by atoms with van der Waals surface area (Å²) in [5.41, 5.74) is 5.06. The minimum absolute atomic E-state index is 0. The van der Waals surface area contributed by atoms with E-state index in [-0.39, 0.29) is 18.0 Å². The number of hydrogen-bond donors (Lipinski definition) is 1. The molecule has 0 bridgehead atoms. The van der Waals surface area contributed by atoms with Gasteiger partial charge >= 0.3 is 6.18 Å². The highest BCUT2D eigenvalue weighted by Gasteiger charge is 2.37. The Kier molecular flexibility index (Phi) is 5.60. The van der Waals surface area contributed by atoms with Crippen LogP contribution in [-0.2, 0) is 0 Å². The lowest BCUT2D eigenvalue weighted by Crippen LogP contribution is -2.28. The Bertz CT molecular complexity index is 343. The summed E-state index contributed by atoms with van der Waals surface area (Å²) in [7, 11) is 0. The quantitative estimate of drug-likeness (QED) is 0.789. The van der Waals surface area contributed by atoms with Gasteiger partial charge < -0.3 is 5.73 Å². The van der Waals surface area contributed by atoms with Gasteiger partial charge in [0.25, 0.3) is 0 Å². The van der Waals surface area contributed by atoms with E-state index < -0.39 is 12.2 Å². The summed E-state index contributed by atoms with van der Waals surface area (Å²) in [5, 5.41) is 0. The lowest BCUT2D eigenvalue weighted by atomic mass is 10.1. The zero-order valence-electron chi connectivity index (χ0n) is 7.18. The summed E-state index contributed by atoms with van der Waals surface area (Å²) in [4.78, 5) is 0. The minimum atomic E-state index is -4.41. The van der Waals surface area contributed by atoms with Crippen molar-refractivity contribution in [3.05, 3.63) is 32.7 Å². The summed E-state index contributed by atoms with van der Waals surface area (Å²) in [6, 6.07) is 2.27. The molecule has 0 saturated heterocycles. The molecule has 0 amide bonds. The van der Waals surface area contributed by atoms with E-state index in [4.69, 9.17) is 5.73 Å². The highest BCUT2D eigenvalue weighted by Crippen LogP contribution is 2.33. The SMILES string of the molecule is Cl.N[C@H](c1ccc(Br)c(Br)c1)C(F)(F)F. The van der Waals surface area contributed by atoms with Gasteiger partial charge in [0.05, 0.1) is 0 Å². The first-order valence-corrected chi connectivity index (χ1v) is 5.18. The van der Waals surface area contributed by atoms with Crippen molar-refractivity contribution >= 4 is 44.3 Å². The first-order chi connectivity index (χ1) is 6.32. The van der Waals surface area contributed by atoms with Gasteiger partial charge in [0.1, 0.15) is 6.04 Å². The Morgan fingerprint density at radius 3 is 2.07 bits per heavy atom. The van der Waals surface area contributed by atoms with Crippen LogP contribution in [0.4, 0.5) is 13.2 Å². The minimum Gasteiger partial charge on any atom is -0.316 e. The van der Waals surface area contributed by atoms with Crippen LogP contribution >= 0.6 is 44.3 Å². The molecule has 1 atom stereocenters. The van der Waals surface area contributed by atoms with Gasteiger partial charge in [0.2, 0.25) is 0 Å². The Hall–Kier alpha value is 0.220. The van der Waals surface area contributed by atoms with E-state index in [0.717, 1.165) is 0 Å². The predicted molar refractivity (Wildman–Crippen MR) is 62.1 cm³/mol. The molecule has 1 rings (SSSR count). The van der Waals surface area contributed by atoms with Crippen molar-refractivity contribution in [2.75, 3.05) is 0 Å². The Morgan fingerprint density at radius 1 is 1.13 bits per heavy atom. The van der Waals surface area contributed by atoms with E-state index >= 15 is 0 Å². The lowest BCUT2D eigenvalue weighted by molar-refractivity contribution is -0.149. The Balaban J connectivity index is 0.00000196. The molecule has 0 spiro atoms. The standard InChI is InChI=1S/C8H6Br2F3N.ClH/c9-5-2-1-4(3-6(5)10)7(14)8(11,12)13;/h1-3,7H,14H2;1H/t7-;/m1./s1. The highest BCUT2D eigenvalue weighted by atomic mass is 79.9. The first kappa shape index (κ1) is 15.2. The maximum atomic E-state index is 12.2. The fraction of sp³-hybridized carbons (Fsp3) is 0.250. The highest BCUT2D eigenvalue weighted by molar-refractivity contribution is 9.13. The van der Waals surface area contributed by atoms with Crippen LogP contribution in [0.5, 0.6) is 0 Å². The summed E-state index contributed by atoms with van der Waals surface area (Å²) in [5.74, 6) is 0. The fourth-order valence-corrected chi connectivity index (χ4v) is 1.54. The molecule has 0 aliphatic heterocycles. The summed E-state index contributed by atoms with van der Waals surface area (Å²) >= 11 is 6.27. The average Bonchev–Trinajstić information content (AvgIpc) is 2.07. The molecule has 1 aromatic rings. The van der Waals surface area contributed by atoms with E-state index in [1.807, 2.05) is 0 Å². The fourth-order valence-electron chi connectivity index (χ4n) is 0.895. The van der Waals surface area contributed by atoms with E-state index in [9.17, 15) is 13.2 Å². The second-order valence-corrected chi connectivity index (χ2v) is 4.40. The number of nitrogens with two attached hydrogens (primary N) is 1. The zero-order valence-corrected chi connectivity index (χ0v) is 11.2. The molecule has 0 saturated carbocycles. The van der Waals surface area contributed by atoms with Crippen LogP contribution in [-0.4, -0.2) is 6.18 Å². The average molecular weight is 369 g/mol. The van der Waals surface area contributed by atoms with Crippen molar-refractivity contribution in [2.24, 2.45) is 5.73 Å². The Labute approximate surface area is 108 Å². The van der Waals surface area contributed by atoms with Crippen LogP contribution in [0.3, 0.4) is 0 Å². The second-order valence-electron chi connectivity index (χ2n) is 2.69. The van der Waals surface area contributed by atoms with E-state index in [1.54, 1.807) is 0 Å². The molecule has 7 heteroatoms. The molecule has 0 aliphatic carbocycles. The number of benzene rings is 1. The summed E-state index contributed by atoms with van der Waals surface area (Å²) in [6.07, 6.45) is -4.41. The molecule has 0 fully saturated rings.